The number of aliphatic hydroxyl groups is 11. The van der Waals surface area contributed by atoms with Gasteiger partial charge in [0, 0.05) is 6.42 Å². The van der Waals surface area contributed by atoms with Gasteiger partial charge in [-0.05, 0) is 0 Å². The molecule has 0 aromatic carbocycles. The Bertz CT molecular complexity index is 837. The number of hydrogen-bond acceptors (Lipinski definition) is 18. The summed E-state index contributed by atoms with van der Waals surface area (Å²) in [7, 11) is 0. The molecule has 3 heterocycles. The van der Waals surface area contributed by atoms with Crippen LogP contribution in [0.15, 0.2) is 0 Å². The Labute approximate surface area is 226 Å². The van der Waals surface area contributed by atoms with Crippen LogP contribution in [0.3, 0.4) is 0 Å². The Kier molecular flexibility index (Phi) is 11.2. The molecule has 0 aromatic rings. The van der Waals surface area contributed by atoms with Crippen molar-refractivity contribution >= 4 is 5.97 Å². The molecule has 40 heavy (non-hydrogen) atoms. The molecule has 3 saturated heterocycles. The van der Waals surface area contributed by atoms with E-state index in [4.69, 9.17) is 34.5 Å². The fourth-order valence-corrected chi connectivity index (χ4v) is 4.67. The predicted octanol–water partition coefficient (Wildman–Crippen LogP) is -8.40. The first-order valence-electron chi connectivity index (χ1n) is 12.3. The molecule has 0 aromatic heterocycles. The molecule has 0 saturated carbocycles. The zero-order valence-corrected chi connectivity index (χ0v) is 20.9. The fraction of sp³-hybridized carbons (Fsp3) is 0.952. The molecule has 3 aliphatic heterocycles. The lowest BCUT2D eigenvalue weighted by Gasteiger charge is -2.47. The second-order valence-corrected chi connectivity index (χ2v) is 9.89. The third-order valence-corrected chi connectivity index (χ3v) is 7.15. The number of hydrogen-bond donors (Lipinski definition) is 13. The van der Waals surface area contributed by atoms with E-state index in [2.05, 4.69) is 0 Å². The van der Waals surface area contributed by atoms with Crippen molar-refractivity contribution < 1.29 is 89.8 Å². The highest BCUT2D eigenvalue weighted by Crippen LogP contribution is 2.34. The monoisotopic (exact) mass is 591 g/mol. The van der Waals surface area contributed by atoms with Gasteiger partial charge in [0.05, 0.1) is 32.0 Å². The number of aliphatic carboxylic acids is 1. The lowest BCUT2D eigenvalue weighted by Crippen LogP contribution is -2.67. The molecule has 0 aliphatic carbocycles. The van der Waals surface area contributed by atoms with Crippen LogP contribution in [0.1, 0.15) is 6.42 Å². The molecule has 14 N–H and O–H groups in total. The van der Waals surface area contributed by atoms with Crippen LogP contribution in [0.2, 0.25) is 0 Å². The van der Waals surface area contributed by atoms with Crippen LogP contribution in [0.5, 0.6) is 0 Å². The SMILES string of the molecule is N[C@H]1C([C@H](O)[C@H](O)CO)O[C@@](OCC2O[C@@H](O[C@@H]3C(CO)OC(O)[C@@H](O)C3O)[C@@H](O)C(O)[C@H]2O)(C(=O)O)C[C@H]1O. The predicted molar refractivity (Wildman–Crippen MR) is 120 cm³/mol. The third-order valence-electron chi connectivity index (χ3n) is 7.15. The summed E-state index contributed by atoms with van der Waals surface area (Å²) >= 11 is 0. The Hall–Kier alpha value is -1.21. The minimum atomic E-state index is -2.74. The van der Waals surface area contributed by atoms with Crippen molar-refractivity contribution in [1.29, 1.82) is 0 Å². The summed E-state index contributed by atoms with van der Waals surface area (Å²) in [5.41, 5.74) is 5.79. The standard InChI is InChI=1S/C21H37NO18/c22-9-5(25)1-21(20(34)35,40-17(9)10(27)6(26)2-23)36-4-8-11(28)12(29)15(32)19(38-8)39-16-7(3-24)37-18(33)14(31)13(16)30/h5-19,23-33H,1-4,22H2,(H,34,35)/t5-,6-,7?,8?,9-,10-,11+,12?,13?,14+,15+,16-,17?,18?,19+,21-/m1/s1. The normalized spacial score (nSPS) is 48.0. The average molecular weight is 592 g/mol. The summed E-state index contributed by atoms with van der Waals surface area (Å²) in [6.45, 7) is -2.70. The molecular weight excluding hydrogens is 554 g/mol. The van der Waals surface area contributed by atoms with E-state index < -0.39 is 130 Å². The van der Waals surface area contributed by atoms with E-state index in [-0.39, 0.29) is 0 Å². The molecule has 3 rings (SSSR count). The molecule has 0 spiro atoms. The number of aliphatic hydroxyl groups excluding tert-OH is 11. The van der Waals surface area contributed by atoms with Crippen molar-refractivity contribution in [1.82, 2.24) is 0 Å². The van der Waals surface area contributed by atoms with Crippen molar-refractivity contribution in [2.75, 3.05) is 19.8 Å². The largest absolute Gasteiger partial charge is 0.477 e. The first-order chi connectivity index (χ1) is 18.7. The molecule has 19 nitrogen and oxygen atoms in total. The lowest BCUT2D eigenvalue weighted by atomic mass is 9.89. The molecule has 3 fully saturated rings. The number of carbonyl (C=O) groups is 1. The minimum absolute atomic E-state index is 0.806. The van der Waals surface area contributed by atoms with Crippen LogP contribution in [-0.4, -0.2) is 185 Å². The molecule has 6 unspecified atom stereocenters. The van der Waals surface area contributed by atoms with Crippen LogP contribution < -0.4 is 5.73 Å². The first kappa shape index (κ1) is 33.3. The highest BCUT2D eigenvalue weighted by atomic mass is 16.8. The molecule has 0 amide bonds. The average Bonchev–Trinajstić information content (AvgIpc) is 2.93. The number of rotatable bonds is 10. The quantitative estimate of drug-likeness (QED) is 0.112. The molecular formula is C21H37NO18. The summed E-state index contributed by atoms with van der Waals surface area (Å²) in [5, 5.41) is 120. The summed E-state index contributed by atoms with van der Waals surface area (Å²) in [5.74, 6) is -4.57. The first-order valence-corrected chi connectivity index (χ1v) is 12.3. The van der Waals surface area contributed by atoms with Crippen LogP contribution >= 0.6 is 0 Å². The Morgan fingerprint density at radius 1 is 0.925 bits per heavy atom. The Morgan fingerprint density at radius 2 is 1.57 bits per heavy atom. The number of carboxylic acid groups (broad SMARTS) is 1. The van der Waals surface area contributed by atoms with Crippen LogP contribution in [-0.2, 0) is 28.5 Å². The Balaban J connectivity index is 1.77. The van der Waals surface area contributed by atoms with E-state index >= 15 is 0 Å². The third kappa shape index (κ3) is 6.55. The van der Waals surface area contributed by atoms with Crippen LogP contribution in [0, 0.1) is 0 Å². The van der Waals surface area contributed by atoms with Crippen molar-refractivity contribution in [3.8, 4) is 0 Å². The van der Waals surface area contributed by atoms with Gasteiger partial charge in [0.2, 0.25) is 0 Å². The zero-order chi connectivity index (χ0) is 30.1. The van der Waals surface area contributed by atoms with Crippen molar-refractivity contribution in [2.24, 2.45) is 5.73 Å². The maximum atomic E-state index is 12.2. The van der Waals surface area contributed by atoms with E-state index in [1.165, 1.54) is 0 Å². The van der Waals surface area contributed by atoms with Gasteiger partial charge in [-0.25, -0.2) is 4.79 Å². The number of carboxylic acids is 1. The van der Waals surface area contributed by atoms with Crippen LogP contribution in [0.4, 0.5) is 0 Å². The van der Waals surface area contributed by atoms with Gasteiger partial charge >= 0.3 is 5.97 Å². The highest BCUT2D eigenvalue weighted by Gasteiger charge is 2.56. The van der Waals surface area contributed by atoms with Gasteiger partial charge in [0.1, 0.15) is 67.1 Å². The summed E-state index contributed by atoms with van der Waals surface area (Å²) in [4.78, 5) is 12.2. The summed E-state index contributed by atoms with van der Waals surface area (Å²) in [6, 6.07) is -1.42. The second-order valence-electron chi connectivity index (χ2n) is 9.89. The topological polar surface area (TPSA) is 332 Å². The fourth-order valence-electron chi connectivity index (χ4n) is 4.67. The Morgan fingerprint density at radius 3 is 2.15 bits per heavy atom. The molecule has 3 aliphatic rings. The molecule has 0 radical (unpaired) electrons. The van der Waals surface area contributed by atoms with E-state index in [9.17, 15) is 61.0 Å². The second kappa shape index (κ2) is 13.4. The van der Waals surface area contributed by atoms with Gasteiger partial charge in [-0.15, -0.1) is 0 Å². The summed E-state index contributed by atoms with van der Waals surface area (Å²) in [6.07, 6.45) is -26.2. The van der Waals surface area contributed by atoms with Crippen molar-refractivity contribution in [2.45, 2.75) is 104 Å². The molecule has 234 valence electrons. The zero-order valence-electron chi connectivity index (χ0n) is 20.9. The summed E-state index contributed by atoms with van der Waals surface area (Å²) < 4.78 is 26.5. The van der Waals surface area contributed by atoms with Gasteiger partial charge in [0.25, 0.3) is 5.79 Å². The van der Waals surface area contributed by atoms with Crippen molar-refractivity contribution in [3.05, 3.63) is 0 Å². The van der Waals surface area contributed by atoms with E-state index in [0.717, 1.165) is 0 Å². The molecule has 0 bridgehead atoms. The minimum Gasteiger partial charge on any atom is -0.477 e. The van der Waals surface area contributed by atoms with Gasteiger partial charge in [0.15, 0.2) is 12.6 Å². The molecule has 16 atom stereocenters. The maximum absolute atomic E-state index is 12.2. The molecule has 19 heteroatoms. The van der Waals surface area contributed by atoms with Gasteiger partial charge in [-0.3, -0.25) is 0 Å². The maximum Gasteiger partial charge on any atom is 0.364 e. The smallest absolute Gasteiger partial charge is 0.364 e. The number of nitrogens with two attached hydrogens (primary N) is 1. The van der Waals surface area contributed by atoms with Gasteiger partial charge < -0.3 is 90.7 Å². The van der Waals surface area contributed by atoms with E-state index in [1.807, 2.05) is 0 Å². The van der Waals surface area contributed by atoms with Gasteiger partial charge in [-0.1, -0.05) is 0 Å². The van der Waals surface area contributed by atoms with E-state index in [1.54, 1.807) is 0 Å². The highest BCUT2D eigenvalue weighted by molar-refractivity contribution is 5.76. The van der Waals surface area contributed by atoms with Crippen LogP contribution in [0.25, 0.3) is 0 Å². The number of ether oxygens (including phenoxy) is 5. The lowest BCUT2D eigenvalue weighted by molar-refractivity contribution is -0.364. The van der Waals surface area contributed by atoms with Gasteiger partial charge in [-0.2, -0.15) is 0 Å². The van der Waals surface area contributed by atoms with E-state index in [0.29, 0.717) is 0 Å². The van der Waals surface area contributed by atoms with Crippen molar-refractivity contribution in [3.63, 3.8) is 0 Å².